The largest absolute Gasteiger partial charge is 0.454 e. The topological polar surface area (TPSA) is 38.7 Å². The first-order valence-electron chi connectivity index (χ1n) is 4.52. The van der Waals surface area contributed by atoms with E-state index in [0.717, 1.165) is 0 Å². The van der Waals surface area contributed by atoms with Crippen LogP contribution in [0.4, 0.5) is 0 Å². The van der Waals surface area contributed by atoms with Gasteiger partial charge in [-0.25, -0.2) is 0 Å². The summed E-state index contributed by atoms with van der Waals surface area (Å²) in [6.45, 7) is 5.61. The molecule has 1 aliphatic heterocycles. The lowest BCUT2D eigenvalue weighted by molar-refractivity contribution is 0.173. The van der Waals surface area contributed by atoms with E-state index in [9.17, 15) is 5.11 Å². The highest BCUT2D eigenvalue weighted by molar-refractivity contribution is 6.32. The first kappa shape index (κ1) is 10.3. The third-order valence-corrected chi connectivity index (χ3v) is 2.51. The molecule has 0 amide bonds. The molecule has 0 aromatic heterocycles. The maximum atomic E-state index is 9.80. The van der Waals surface area contributed by atoms with Gasteiger partial charge in [0.1, 0.15) is 0 Å². The molecule has 1 aromatic rings. The highest BCUT2D eigenvalue weighted by Gasteiger charge is 2.20. The molecule has 3 nitrogen and oxygen atoms in total. The number of benzene rings is 1. The van der Waals surface area contributed by atoms with Gasteiger partial charge in [-0.2, -0.15) is 0 Å². The Morgan fingerprint density at radius 2 is 2.27 bits per heavy atom. The normalized spacial score (nSPS) is 15.1. The van der Waals surface area contributed by atoms with Crippen LogP contribution in [0.15, 0.2) is 24.3 Å². The minimum absolute atomic E-state index is 0.168. The summed E-state index contributed by atoms with van der Waals surface area (Å²) in [5.74, 6) is 1.10. The molecule has 1 aliphatic rings. The Morgan fingerprint density at radius 1 is 1.53 bits per heavy atom. The molecule has 0 saturated carbocycles. The number of halogens is 1. The average Bonchev–Trinajstić information content (AvgIpc) is 2.64. The van der Waals surface area contributed by atoms with Gasteiger partial charge in [0.25, 0.3) is 0 Å². The Bertz CT molecular complexity index is 415. The third kappa shape index (κ3) is 1.80. The second-order valence-electron chi connectivity index (χ2n) is 3.49. The second-order valence-corrected chi connectivity index (χ2v) is 3.89. The lowest BCUT2D eigenvalue weighted by Gasteiger charge is -2.11. The van der Waals surface area contributed by atoms with Crippen molar-refractivity contribution in [2.24, 2.45) is 0 Å². The van der Waals surface area contributed by atoms with Gasteiger partial charge in [0.15, 0.2) is 11.5 Å². The smallest absolute Gasteiger partial charge is 0.231 e. The summed E-state index contributed by atoms with van der Waals surface area (Å²) < 4.78 is 10.4. The summed E-state index contributed by atoms with van der Waals surface area (Å²) in [4.78, 5) is 0. The first-order chi connectivity index (χ1) is 7.09. The lowest BCUT2D eigenvalue weighted by Crippen LogP contribution is -1.97. The third-order valence-electron chi connectivity index (χ3n) is 2.23. The maximum Gasteiger partial charge on any atom is 0.231 e. The SMILES string of the molecule is C=C(C)C(O)c1cc(Cl)c2c(c1)OCO2. The molecule has 0 bridgehead atoms. The molecule has 0 aliphatic carbocycles. The van der Waals surface area contributed by atoms with Crippen molar-refractivity contribution >= 4 is 11.6 Å². The maximum absolute atomic E-state index is 9.80. The zero-order chi connectivity index (χ0) is 11.0. The highest BCUT2D eigenvalue weighted by Crippen LogP contribution is 2.41. The number of aliphatic hydroxyl groups excluding tert-OH is 1. The van der Waals surface area contributed by atoms with Crippen LogP contribution in [0, 0.1) is 0 Å². The lowest BCUT2D eigenvalue weighted by atomic mass is 10.0. The molecule has 80 valence electrons. The van der Waals surface area contributed by atoms with Crippen LogP contribution in [0.2, 0.25) is 5.02 Å². The molecule has 15 heavy (non-hydrogen) atoms. The zero-order valence-corrected chi connectivity index (χ0v) is 9.04. The summed E-state index contributed by atoms with van der Waals surface area (Å²) in [5, 5.41) is 10.2. The summed E-state index contributed by atoms with van der Waals surface area (Å²) in [6.07, 6.45) is -0.725. The van der Waals surface area contributed by atoms with Crippen molar-refractivity contribution in [2.45, 2.75) is 13.0 Å². The number of ether oxygens (including phenoxy) is 2. The number of fused-ring (bicyclic) bond motifs is 1. The van der Waals surface area contributed by atoms with Gasteiger partial charge in [-0.15, -0.1) is 0 Å². The molecule has 1 N–H and O–H groups in total. The van der Waals surface area contributed by atoms with Crippen molar-refractivity contribution in [3.63, 3.8) is 0 Å². The van der Waals surface area contributed by atoms with Gasteiger partial charge in [0.05, 0.1) is 11.1 Å². The van der Waals surface area contributed by atoms with E-state index in [2.05, 4.69) is 6.58 Å². The second kappa shape index (κ2) is 3.76. The van der Waals surface area contributed by atoms with E-state index in [0.29, 0.717) is 27.7 Å². The van der Waals surface area contributed by atoms with Crippen molar-refractivity contribution in [3.05, 3.63) is 34.9 Å². The molecule has 0 fully saturated rings. The monoisotopic (exact) mass is 226 g/mol. The van der Waals surface area contributed by atoms with E-state index in [-0.39, 0.29) is 6.79 Å². The minimum atomic E-state index is -0.725. The fraction of sp³-hybridized carbons (Fsp3) is 0.273. The molecule has 0 spiro atoms. The van der Waals surface area contributed by atoms with E-state index in [1.807, 2.05) is 0 Å². The van der Waals surface area contributed by atoms with Crippen molar-refractivity contribution < 1.29 is 14.6 Å². The molecule has 0 radical (unpaired) electrons. The molecule has 1 heterocycles. The van der Waals surface area contributed by atoms with Gasteiger partial charge < -0.3 is 14.6 Å². The molecular formula is C11H11ClO3. The molecular weight excluding hydrogens is 216 g/mol. The summed E-state index contributed by atoms with van der Waals surface area (Å²) in [6, 6.07) is 3.38. The molecule has 2 rings (SSSR count). The van der Waals surface area contributed by atoms with E-state index in [4.69, 9.17) is 21.1 Å². The Kier molecular flexibility index (Phi) is 2.59. The van der Waals surface area contributed by atoms with Gasteiger partial charge in [-0.05, 0) is 30.2 Å². The van der Waals surface area contributed by atoms with Crippen molar-refractivity contribution in [1.29, 1.82) is 0 Å². The Labute approximate surface area is 92.9 Å². The summed E-state index contributed by atoms with van der Waals surface area (Å²) in [5.41, 5.74) is 1.32. The van der Waals surface area contributed by atoms with E-state index in [1.165, 1.54) is 0 Å². The summed E-state index contributed by atoms with van der Waals surface area (Å²) in [7, 11) is 0. The fourth-order valence-corrected chi connectivity index (χ4v) is 1.70. The molecule has 1 atom stereocenters. The number of rotatable bonds is 2. The quantitative estimate of drug-likeness (QED) is 0.788. The molecule has 1 unspecified atom stereocenters. The standard InChI is InChI=1S/C11H11ClO3/c1-6(2)10(13)7-3-8(12)11-9(4-7)14-5-15-11/h3-4,10,13H,1,5H2,2H3. The molecule has 0 saturated heterocycles. The van der Waals surface area contributed by atoms with Crippen molar-refractivity contribution in [2.75, 3.05) is 6.79 Å². The van der Waals surface area contributed by atoms with Crippen LogP contribution >= 0.6 is 11.6 Å². The van der Waals surface area contributed by atoms with Gasteiger partial charge >= 0.3 is 0 Å². The summed E-state index contributed by atoms with van der Waals surface area (Å²) >= 11 is 5.98. The van der Waals surface area contributed by atoms with Gasteiger partial charge in [-0.1, -0.05) is 18.2 Å². The van der Waals surface area contributed by atoms with Crippen LogP contribution in [0.3, 0.4) is 0 Å². The van der Waals surface area contributed by atoms with Crippen LogP contribution in [0.5, 0.6) is 11.5 Å². The van der Waals surface area contributed by atoms with Crippen LogP contribution in [0.25, 0.3) is 0 Å². The highest BCUT2D eigenvalue weighted by atomic mass is 35.5. The van der Waals surface area contributed by atoms with E-state index >= 15 is 0 Å². The Morgan fingerprint density at radius 3 is 2.93 bits per heavy atom. The van der Waals surface area contributed by atoms with Crippen LogP contribution in [-0.2, 0) is 0 Å². The van der Waals surface area contributed by atoms with E-state index in [1.54, 1.807) is 19.1 Å². The Hall–Kier alpha value is -1.19. The number of hydrogen-bond acceptors (Lipinski definition) is 3. The van der Waals surface area contributed by atoms with Crippen LogP contribution < -0.4 is 9.47 Å². The fourth-order valence-electron chi connectivity index (χ4n) is 1.43. The predicted molar refractivity (Wildman–Crippen MR) is 57.3 cm³/mol. The molecule has 4 heteroatoms. The van der Waals surface area contributed by atoms with Gasteiger partial charge in [0, 0.05) is 0 Å². The average molecular weight is 227 g/mol. The number of aliphatic hydroxyl groups is 1. The minimum Gasteiger partial charge on any atom is -0.454 e. The van der Waals surface area contributed by atoms with Gasteiger partial charge in [0.2, 0.25) is 6.79 Å². The van der Waals surface area contributed by atoms with Gasteiger partial charge in [-0.3, -0.25) is 0 Å². The van der Waals surface area contributed by atoms with Crippen LogP contribution in [0.1, 0.15) is 18.6 Å². The Balaban J connectivity index is 2.43. The molecule has 1 aromatic carbocycles. The predicted octanol–water partition coefficient (Wildman–Crippen LogP) is 2.68. The number of hydrogen-bond donors (Lipinski definition) is 1. The zero-order valence-electron chi connectivity index (χ0n) is 8.29. The van der Waals surface area contributed by atoms with E-state index < -0.39 is 6.10 Å². The van der Waals surface area contributed by atoms with Crippen LogP contribution in [-0.4, -0.2) is 11.9 Å². The van der Waals surface area contributed by atoms with Crippen molar-refractivity contribution in [3.8, 4) is 11.5 Å². The van der Waals surface area contributed by atoms with Crippen molar-refractivity contribution in [1.82, 2.24) is 0 Å². The first-order valence-corrected chi connectivity index (χ1v) is 4.90.